The number of aromatic carboxylic acids is 2. The third-order valence-electron chi connectivity index (χ3n) is 5.87. The molecule has 0 radical (unpaired) electrons. The summed E-state index contributed by atoms with van der Waals surface area (Å²) < 4.78 is 0. The largest absolute Gasteiger partial charge is 0.478 e. The first kappa shape index (κ1) is 24.6. The fourth-order valence-electron chi connectivity index (χ4n) is 4.34. The minimum Gasteiger partial charge on any atom is -0.478 e. The highest BCUT2D eigenvalue weighted by Gasteiger charge is 2.11. The van der Waals surface area contributed by atoms with E-state index in [4.69, 9.17) is 20.4 Å². The van der Waals surface area contributed by atoms with Crippen LogP contribution in [0.15, 0.2) is 97.1 Å². The number of rotatable bonds is 3. The summed E-state index contributed by atoms with van der Waals surface area (Å²) in [6.45, 7) is -0.250. The van der Waals surface area contributed by atoms with Crippen molar-refractivity contribution >= 4 is 55.0 Å². The first-order valence-electron chi connectivity index (χ1n) is 11.3. The van der Waals surface area contributed by atoms with E-state index in [-0.39, 0.29) is 24.3 Å². The first-order valence-corrected chi connectivity index (χ1v) is 11.3. The van der Waals surface area contributed by atoms with E-state index in [0.717, 1.165) is 0 Å². The number of carboxylic acid groups (broad SMARTS) is 2. The summed E-state index contributed by atoms with van der Waals surface area (Å²) in [4.78, 5) is 20.7. The van der Waals surface area contributed by atoms with Gasteiger partial charge in [-0.3, -0.25) is 0 Å². The maximum atomic E-state index is 10.3. The van der Waals surface area contributed by atoms with Gasteiger partial charge >= 0.3 is 11.9 Å². The van der Waals surface area contributed by atoms with Crippen molar-refractivity contribution in [1.29, 1.82) is 0 Å². The molecule has 0 fully saturated rings. The van der Waals surface area contributed by atoms with E-state index in [1.807, 2.05) is 0 Å². The molecular formula is C30H24O6. The van der Waals surface area contributed by atoms with Crippen LogP contribution < -0.4 is 0 Å². The number of hydrogen-bond acceptors (Lipinski definition) is 4. The monoisotopic (exact) mass is 480 g/mol. The molecule has 6 nitrogen and oxygen atoms in total. The molecule has 0 amide bonds. The predicted octanol–water partition coefficient (Wildman–Crippen LogP) is 5.79. The number of aliphatic hydroxyl groups is 2. The molecule has 0 saturated carbocycles. The van der Waals surface area contributed by atoms with Gasteiger partial charge in [0.2, 0.25) is 0 Å². The number of carbonyl (C=O) groups is 2. The zero-order valence-electron chi connectivity index (χ0n) is 19.3. The number of fused-ring (bicyclic) bond motifs is 2. The summed E-state index contributed by atoms with van der Waals surface area (Å²) in [5.74, 6) is -2.13. The minimum atomic E-state index is -1.06. The van der Waals surface area contributed by atoms with E-state index in [2.05, 4.69) is 72.8 Å². The molecule has 0 aliphatic carbocycles. The van der Waals surface area contributed by atoms with Crippen LogP contribution >= 0.6 is 0 Å². The highest BCUT2D eigenvalue weighted by atomic mass is 16.4. The Hall–Kier alpha value is -4.52. The van der Waals surface area contributed by atoms with Crippen molar-refractivity contribution in [2.24, 2.45) is 0 Å². The molecule has 4 N–H and O–H groups in total. The quantitative estimate of drug-likeness (QED) is 0.188. The topological polar surface area (TPSA) is 115 Å². The zero-order chi connectivity index (χ0) is 25.7. The lowest BCUT2D eigenvalue weighted by atomic mass is 9.90. The van der Waals surface area contributed by atoms with Gasteiger partial charge in [-0.1, -0.05) is 72.8 Å². The predicted molar refractivity (Wildman–Crippen MR) is 142 cm³/mol. The van der Waals surface area contributed by atoms with E-state index in [1.54, 1.807) is 0 Å². The molecule has 0 spiro atoms. The van der Waals surface area contributed by atoms with Crippen molar-refractivity contribution in [1.82, 2.24) is 0 Å². The standard InChI is InChI=1S/C20H12.C8H6O4.C2H6O2/c1-5-13-6-2-11-17-18-12-4-8-14-7-3-10-16(20(14)18)15(9-1)19(13)17;9-7(10)5-1-2-6(4-3-5)8(11)12;3-1-2-4/h1-12H;1-4H,(H,9,10)(H,11,12);3-4H,1-2H2. The van der Waals surface area contributed by atoms with Crippen molar-refractivity contribution in [2.45, 2.75) is 0 Å². The normalized spacial score (nSPS) is 10.6. The molecule has 36 heavy (non-hydrogen) atoms. The second kappa shape index (κ2) is 10.8. The highest BCUT2D eigenvalue weighted by Crippen LogP contribution is 2.39. The Balaban J connectivity index is 0.000000163. The molecule has 0 atom stereocenters. The van der Waals surface area contributed by atoms with E-state index in [9.17, 15) is 9.59 Å². The Morgan fingerprint density at radius 3 is 0.972 bits per heavy atom. The zero-order valence-corrected chi connectivity index (χ0v) is 19.3. The van der Waals surface area contributed by atoms with Crippen LogP contribution in [0.3, 0.4) is 0 Å². The summed E-state index contributed by atoms with van der Waals surface area (Å²) in [5.41, 5.74) is 0.167. The molecule has 0 aliphatic heterocycles. The van der Waals surface area contributed by atoms with Gasteiger partial charge in [0.05, 0.1) is 24.3 Å². The number of benzene rings is 6. The van der Waals surface area contributed by atoms with E-state index in [1.165, 1.54) is 67.4 Å². The smallest absolute Gasteiger partial charge is 0.335 e. The molecule has 6 rings (SSSR count). The van der Waals surface area contributed by atoms with Crippen molar-refractivity contribution < 1.29 is 30.0 Å². The van der Waals surface area contributed by atoms with Crippen molar-refractivity contribution in [2.75, 3.05) is 13.2 Å². The molecular weight excluding hydrogens is 456 g/mol. The van der Waals surface area contributed by atoms with Crippen LogP contribution in [0.2, 0.25) is 0 Å². The molecule has 180 valence electrons. The lowest BCUT2D eigenvalue weighted by Gasteiger charge is -2.13. The van der Waals surface area contributed by atoms with Crippen LogP contribution in [0, 0.1) is 0 Å². The third-order valence-corrected chi connectivity index (χ3v) is 5.87. The summed E-state index contributed by atoms with van der Waals surface area (Å²) in [6.07, 6.45) is 0. The molecule has 6 aromatic rings. The minimum absolute atomic E-state index is 0.0833. The van der Waals surface area contributed by atoms with Gasteiger partial charge in [-0.2, -0.15) is 0 Å². The average molecular weight is 481 g/mol. The van der Waals surface area contributed by atoms with Gasteiger partial charge in [0.15, 0.2) is 0 Å². The lowest BCUT2D eigenvalue weighted by molar-refractivity contribution is 0.0681. The first-order chi connectivity index (χ1) is 17.5. The second-order valence-corrected chi connectivity index (χ2v) is 8.05. The van der Waals surface area contributed by atoms with Crippen LogP contribution in [0.4, 0.5) is 0 Å². The molecule has 0 unspecified atom stereocenters. The van der Waals surface area contributed by atoms with E-state index in [0.29, 0.717) is 0 Å². The number of carboxylic acids is 2. The summed E-state index contributed by atoms with van der Waals surface area (Å²) in [7, 11) is 0. The van der Waals surface area contributed by atoms with Crippen LogP contribution in [0.1, 0.15) is 20.7 Å². The molecule has 6 heteroatoms. The van der Waals surface area contributed by atoms with Crippen LogP contribution in [-0.4, -0.2) is 45.6 Å². The van der Waals surface area contributed by atoms with Gasteiger partial charge in [-0.15, -0.1) is 0 Å². The van der Waals surface area contributed by atoms with Crippen molar-refractivity contribution in [3.05, 3.63) is 108 Å². The van der Waals surface area contributed by atoms with Crippen molar-refractivity contribution in [3.63, 3.8) is 0 Å². The highest BCUT2D eigenvalue weighted by molar-refractivity contribution is 6.32. The number of hydrogen-bond donors (Lipinski definition) is 4. The van der Waals surface area contributed by atoms with Gasteiger partial charge < -0.3 is 20.4 Å². The molecule has 0 aliphatic rings. The maximum Gasteiger partial charge on any atom is 0.335 e. The number of aliphatic hydroxyl groups excluding tert-OH is 2. The van der Waals surface area contributed by atoms with E-state index >= 15 is 0 Å². The average Bonchev–Trinajstić information content (AvgIpc) is 2.92. The van der Waals surface area contributed by atoms with Crippen molar-refractivity contribution in [3.8, 4) is 0 Å². The Morgan fingerprint density at radius 2 is 0.750 bits per heavy atom. The lowest BCUT2D eigenvalue weighted by Crippen LogP contribution is -1.99. The van der Waals surface area contributed by atoms with Crippen LogP contribution in [0.25, 0.3) is 43.1 Å². The van der Waals surface area contributed by atoms with Gasteiger partial charge in [0.1, 0.15) is 0 Å². The Labute approximate surface area is 206 Å². The van der Waals surface area contributed by atoms with Gasteiger partial charge in [0.25, 0.3) is 0 Å². The second-order valence-electron chi connectivity index (χ2n) is 8.05. The fourth-order valence-corrected chi connectivity index (χ4v) is 4.34. The van der Waals surface area contributed by atoms with Gasteiger partial charge in [-0.25, -0.2) is 9.59 Å². The Bertz CT molecular complexity index is 1450. The maximum absolute atomic E-state index is 10.3. The Kier molecular flexibility index (Phi) is 7.39. The molecule has 0 heterocycles. The fraction of sp³-hybridized carbons (Fsp3) is 0.0667. The van der Waals surface area contributed by atoms with Crippen LogP contribution in [0.5, 0.6) is 0 Å². The molecule has 6 aromatic carbocycles. The summed E-state index contributed by atoms with van der Waals surface area (Å²) in [6, 6.07) is 31.5. The third kappa shape index (κ3) is 4.81. The van der Waals surface area contributed by atoms with Gasteiger partial charge in [-0.05, 0) is 67.4 Å². The van der Waals surface area contributed by atoms with Crippen LogP contribution in [-0.2, 0) is 0 Å². The van der Waals surface area contributed by atoms with E-state index < -0.39 is 11.9 Å². The molecule has 0 saturated heterocycles. The summed E-state index contributed by atoms with van der Waals surface area (Å²) in [5, 5.41) is 43.1. The molecule has 0 bridgehead atoms. The summed E-state index contributed by atoms with van der Waals surface area (Å²) >= 11 is 0. The Morgan fingerprint density at radius 1 is 0.472 bits per heavy atom. The molecule has 0 aromatic heterocycles. The van der Waals surface area contributed by atoms with Gasteiger partial charge in [0, 0.05) is 0 Å². The SMILES string of the molecule is O=C(O)c1ccc(C(=O)O)cc1.OCCO.c1cc2cccc3c4cccc5cccc(c(c1)c23)c54.